The van der Waals surface area contributed by atoms with Crippen LogP contribution in [0.25, 0.3) is 11.1 Å². The van der Waals surface area contributed by atoms with Gasteiger partial charge in [0, 0.05) is 6.04 Å². The highest BCUT2D eigenvalue weighted by Crippen LogP contribution is 2.36. The number of fused-ring (bicyclic) bond motifs is 1. The molecule has 0 saturated carbocycles. The fraction of sp³-hybridized carbons (Fsp3) is 0.368. The number of hydrogen-bond acceptors (Lipinski definition) is 1. The predicted molar refractivity (Wildman–Crippen MR) is 85.8 cm³/mol. The number of nitrogens with two attached hydrogens (primary N) is 1. The first-order chi connectivity index (χ1) is 9.70. The summed E-state index contributed by atoms with van der Waals surface area (Å²) in [5, 5.41) is 0. The molecule has 0 saturated heterocycles. The fourth-order valence-corrected chi connectivity index (χ4v) is 3.18. The minimum atomic E-state index is 0.226. The molecule has 0 fully saturated rings. The lowest BCUT2D eigenvalue weighted by molar-refractivity contribution is 0.713. The maximum atomic E-state index is 6.18. The van der Waals surface area contributed by atoms with Gasteiger partial charge in [-0.15, -0.1) is 0 Å². The zero-order valence-corrected chi connectivity index (χ0v) is 12.4. The molecule has 0 spiro atoms. The Labute approximate surface area is 121 Å². The minimum Gasteiger partial charge on any atom is -0.324 e. The third-order valence-corrected chi connectivity index (χ3v) is 4.72. The Morgan fingerprint density at radius 2 is 1.90 bits per heavy atom. The maximum absolute atomic E-state index is 6.18. The molecular formula is C19H23N. The normalized spacial score (nSPS) is 18.9. The second kappa shape index (κ2) is 5.41. The van der Waals surface area contributed by atoms with Crippen molar-refractivity contribution in [2.75, 3.05) is 0 Å². The first-order valence-corrected chi connectivity index (χ1v) is 7.68. The van der Waals surface area contributed by atoms with Crippen LogP contribution in [-0.4, -0.2) is 0 Å². The third kappa shape index (κ3) is 2.27. The van der Waals surface area contributed by atoms with Crippen LogP contribution in [0.1, 0.15) is 55.3 Å². The first-order valence-electron chi connectivity index (χ1n) is 7.68. The van der Waals surface area contributed by atoms with Crippen molar-refractivity contribution in [2.45, 2.75) is 45.1 Å². The summed E-state index contributed by atoms with van der Waals surface area (Å²) < 4.78 is 0. The second-order valence-corrected chi connectivity index (χ2v) is 5.95. The highest BCUT2D eigenvalue weighted by molar-refractivity contribution is 5.70. The summed E-state index contributed by atoms with van der Waals surface area (Å²) in [7, 11) is 0. The molecule has 0 heterocycles. The summed E-state index contributed by atoms with van der Waals surface area (Å²) in [6.07, 6.45) is 3.38. The molecule has 1 aliphatic rings. The fourth-order valence-electron chi connectivity index (χ4n) is 3.18. The molecule has 0 aromatic heterocycles. The largest absolute Gasteiger partial charge is 0.324 e. The topological polar surface area (TPSA) is 26.0 Å². The van der Waals surface area contributed by atoms with Crippen LogP contribution in [0.15, 0.2) is 42.5 Å². The highest BCUT2D eigenvalue weighted by atomic mass is 14.6. The molecule has 2 unspecified atom stereocenters. The van der Waals surface area contributed by atoms with Crippen molar-refractivity contribution in [3.63, 3.8) is 0 Å². The van der Waals surface area contributed by atoms with Crippen LogP contribution in [0, 0.1) is 0 Å². The minimum absolute atomic E-state index is 0.226. The standard InChI is InChI=1S/C19H23N/c1-3-13(2)14-7-9-15(10-8-14)16-5-4-6-18-17(16)11-12-19(18)20/h4-10,13,19H,3,11-12,20H2,1-2H3. The van der Waals surface area contributed by atoms with Crippen molar-refractivity contribution in [2.24, 2.45) is 5.73 Å². The van der Waals surface area contributed by atoms with Crippen molar-refractivity contribution < 1.29 is 0 Å². The van der Waals surface area contributed by atoms with Gasteiger partial charge in [0.15, 0.2) is 0 Å². The van der Waals surface area contributed by atoms with Gasteiger partial charge in [-0.25, -0.2) is 0 Å². The summed E-state index contributed by atoms with van der Waals surface area (Å²) in [4.78, 5) is 0. The average Bonchev–Trinajstić information content (AvgIpc) is 2.88. The Kier molecular flexibility index (Phi) is 3.62. The van der Waals surface area contributed by atoms with E-state index < -0.39 is 0 Å². The average molecular weight is 265 g/mol. The molecule has 2 aromatic carbocycles. The second-order valence-electron chi connectivity index (χ2n) is 5.95. The first kappa shape index (κ1) is 13.4. The molecule has 1 heteroatoms. The number of rotatable bonds is 3. The molecule has 0 bridgehead atoms. The van der Waals surface area contributed by atoms with Crippen LogP contribution in [0.2, 0.25) is 0 Å². The van der Waals surface area contributed by atoms with E-state index in [4.69, 9.17) is 5.73 Å². The van der Waals surface area contributed by atoms with E-state index in [1.165, 1.54) is 34.2 Å². The van der Waals surface area contributed by atoms with Crippen molar-refractivity contribution >= 4 is 0 Å². The Bertz CT molecular complexity index is 598. The van der Waals surface area contributed by atoms with E-state index in [1.54, 1.807) is 0 Å². The number of hydrogen-bond donors (Lipinski definition) is 1. The van der Waals surface area contributed by atoms with Crippen LogP contribution < -0.4 is 5.73 Å². The highest BCUT2D eigenvalue weighted by Gasteiger charge is 2.21. The zero-order chi connectivity index (χ0) is 14.1. The van der Waals surface area contributed by atoms with E-state index in [0.29, 0.717) is 5.92 Å². The Balaban J connectivity index is 1.98. The van der Waals surface area contributed by atoms with E-state index in [2.05, 4.69) is 56.3 Å². The Morgan fingerprint density at radius 1 is 1.15 bits per heavy atom. The van der Waals surface area contributed by atoms with Crippen LogP contribution in [0.3, 0.4) is 0 Å². The van der Waals surface area contributed by atoms with Gasteiger partial charge in [-0.05, 0) is 53.0 Å². The van der Waals surface area contributed by atoms with Gasteiger partial charge >= 0.3 is 0 Å². The molecule has 0 radical (unpaired) electrons. The van der Waals surface area contributed by atoms with Gasteiger partial charge in [0.25, 0.3) is 0 Å². The molecule has 1 nitrogen and oxygen atoms in total. The van der Waals surface area contributed by atoms with E-state index >= 15 is 0 Å². The molecule has 2 N–H and O–H groups in total. The van der Waals surface area contributed by atoms with Crippen LogP contribution >= 0.6 is 0 Å². The molecule has 0 amide bonds. The summed E-state index contributed by atoms with van der Waals surface area (Å²) in [6.45, 7) is 4.53. The molecule has 1 aliphatic carbocycles. The molecule has 2 aromatic rings. The van der Waals surface area contributed by atoms with Gasteiger partial charge in [0.2, 0.25) is 0 Å². The van der Waals surface area contributed by atoms with E-state index in [1.807, 2.05) is 0 Å². The summed E-state index contributed by atoms with van der Waals surface area (Å²) in [5.41, 5.74) is 13.1. The number of benzene rings is 2. The molecule has 104 valence electrons. The third-order valence-electron chi connectivity index (χ3n) is 4.72. The van der Waals surface area contributed by atoms with Gasteiger partial charge in [-0.1, -0.05) is 56.3 Å². The molecule has 2 atom stereocenters. The smallest absolute Gasteiger partial charge is 0.0300 e. The lowest BCUT2D eigenvalue weighted by Gasteiger charge is -2.12. The quantitative estimate of drug-likeness (QED) is 0.846. The van der Waals surface area contributed by atoms with Gasteiger partial charge in [-0.3, -0.25) is 0 Å². The molecule has 20 heavy (non-hydrogen) atoms. The van der Waals surface area contributed by atoms with E-state index in [0.717, 1.165) is 12.8 Å². The van der Waals surface area contributed by atoms with Crippen molar-refractivity contribution in [1.29, 1.82) is 0 Å². The van der Waals surface area contributed by atoms with Gasteiger partial charge in [0.05, 0.1) is 0 Å². The van der Waals surface area contributed by atoms with Crippen LogP contribution in [0.4, 0.5) is 0 Å². The summed E-state index contributed by atoms with van der Waals surface area (Å²) in [5.74, 6) is 0.638. The molecular weight excluding hydrogens is 242 g/mol. The lowest BCUT2D eigenvalue weighted by atomic mass is 9.93. The Morgan fingerprint density at radius 3 is 2.60 bits per heavy atom. The monoisotopic (exact) mass is 265 g/mol. The Hall–Kier alpha value is -1.60. The van der Waals surface area contributed by atoms with Crippen molar-refractivity contribution in [1.82, 2.24) is 0 Å². The van der Waals surface area contributed by atoms with E-state index in [-0.39, 0.29) is 6.04 Å². The van der Waals surface area contributed by atoms with Gasteiger partial charge < -0.3 is 5.73 Å². The van der Waals surface area contributed by atoms with Gasteiger partial charge in [0.1, 0.15) is 0 Å². The molecule has 3 rings (SSSR count). The van der Waals surface area contributed by atoms with Crippen molar-refractivity contribution in [3.8, 4) is 11.1 Å². The lowest BCUT2D eigenvalue weighted by Crippen LogP contribution is -2.04. The van der Waals surface area contributed by atoms with Crippen LogP contribution in [-0.2, 0) is 6.42 Å². The van der Waals surface area contributed by atoms with Gasteiger partial charge in [-0.2, -0.15) is 0 Å². The predicted octanol–water partition coefficient (Wildman–Crippen LogP) is 4.81. The SMILES string of the molecule is CCC(C)c1ccc(-c2cccc3c2CCC3N)cc1. The van der Waals surface area contributed by atoms with Crippen LogP contribution in [0.5, 0.6) is 0 Å². The van der Waals surface area contributed by atoms with E-state index in [9.17, 15) is 0 Å². The summed E-state index contributed by atoms with van der Waals surface area (Å²) in [6, 6.07) is 15.9. The zero-order valence-electron chi connectivity index (χ0n) is 12.4. The van der Waals surface area contributed by atoms with Crippen molar-refractivity contribution in [3.05, 3.63) is 59.2 Å². The maximum Gasteiger partial charge on any atom is 0.0300 e. The summed E-state index contributed by atoms with van der Waals surface area (Å²) >= 11 is 0. The molecule has 0 aliphatic heterocycles.